The van der Waals surface area contributed by atoms with Crippen LogP contribution in [0.4, 0.5) is 65.9 Å². The highest BCUT2D eigenvalue weighted by molar-refractivity contribution is 5.77. The van der Waals surface area contributed by atoms with E-state index >= 15 is 0 Å². The molecule has 18 heteroatoms. The van der Waals surface area contributed by atoms with E-state index < -0.39 is 47.7 Å². The van der Waals surface area contributed by atoms with Gasteiger partial charge in [-0.3, -0.25) is 0 Å². The van der Waals surface area contributed by atoms with Gasteiger partial charge in [0.25, 0.3) is 0 Å². The molecule has 0 saturated carbocycles. The number of nitrogens with zero attached hydrogens (tertiary/aromatic N) is 1. The lowest BCUT2D eigenvalue weighted by atomic mass is 9.91. The van der Waals surface area contributed by atoms with Gasteiger partial charge in [0, 0.05) is 0 Å². The summed E-state index contributed by atoms with van der Waals surface area (Å²) >= 11 is 0. The van der Waals surface area contributed by atoms with E-state index in [1.165, 1.54) is 0 Å². The average molecular weight is 592 g/mol. The van der Waals surface area contributed by atoms with Crippen LogP contribution in [0.2, 0.25) is 0 Å². The van der Waals surface area contributed by atoms with Crippen molar-refractivity contribution in [1.82, 2.24) is 0 Å². The smallest absolute Gasteiger partial charge is 0.460 e. The second kappa shape index (κ2) is 12.0. The Hall–Kier alpha value is -2.66. The van der Waals surface area contributed by atoms with Gasteiger partial charge in [-0.25, -0.2) is 4.79 Å². The standard InChI is InChI=1S/C12H20N.C8HF15O2/c1-5-9-13(10-6-2,11-7-3)12-8-4;9-2(10,1(24)25)3(11,12)4(13,14)5(15,16)6(17,18)7(19,20)8(21,22)23/h5-8H,1-4,9-12H2;(H,24,25)/q+1;. The predicted octanol–water partition coefficient (Wildman–Crippen LogP) is 6.99. The Morgan fingerprint density at radius 2 is 0.763 bits per heavy atom. The molecule has 0 amide bonds. The van der Waals surface area contributed by atoms with Crippen molar-refractivity contribution in [1.29, 1.82) is 0 Å². The van der Waals surface area contributed by atoms with Crippen LogP contribution < -0.4 is 0 Å². The maximum Gasteiger partial charge on any atom is 0.460 e. The van der Waals surface area contributed by atoms with Crippen molar-refractivity contribution in [2.45, 2.75) is 41.7 Å². The molecular weight excluding hydrogens is 571 g/mol. The molecule has 0 aliphatic rings. The van der Waals surface area contributed by atoms with Gasteiger partial charge < -0.3 is 9.59 Å². The summed E-state index contributed by atoms with van der Waals surface area (Å²) in [6.07, 6.45) is 0.0701. The van der Waals surface area contributed by atoms with E-state index in [4.69, 9.17) is 5.11 Å². The van der Waals surface area contributed by atoms with E-state index in [1.54, 1.807) is 0 Å². The molecule has 222 valence electrons. The normalized spacial score (nSPS) is 14.2. The summed E-state index contributed by atoms with van der Waals surface area (Å²) in [5, 5.41) is 7.57. The Morgan fingerprint density at radius 3 is 0.974 bits per heavy atom. The first kappa shape index (κ1) is 37.5. The van der Waals surface area contributed by atoms with Crippen molar-refractivity contribution in [2.24, 2.45) is 0 Å². The molecule has 1 N–H and O–H groups in total. The minimum absolute atomic E-state index is 0.903. The second-order valence-corrected chi connectivity index (χ2v) is 7.48. The highest BCUT2D eigenvalue weighted by Crippen LogP contribution is 2.62. The zero-order valence-corrected chi connectivity index (χ0v) is 18.9. The molecule has 0 aromatic rings. The van der Waals surface area contributed by atoms with Gasteiger partial charge in [0.2, 0.25) is 0 Å². The number of carboxylic acids is 1. The van der Waals surface area contributed by atoms with E-state index in [1.807, 2.05) is 24.3 Å². The van der Waals surface area contributed by atoms with Crippen LogP contribution in [0.5, 0.6) is 0 Å². The maximum absolute atomic E-state index is 12.8. The highest BCUT2D eigenvalue weighted by Gasteiger charge is 2.94. The molecule has 0 aliphatic heterocycles. The number of rotatable bonds is 14. The fourth-order valence-electron chi connectivity index (χ4n) is 2.64. The molecule has 0 atom stereocenters. The zero-order valence-electron chi connectivity index (χ0n) is 18.9. The van der Waals surface area contributed by atoms with Gasteiger partial charge in [0.05, 0.1) is 26.2 Å². The summed E-state index contributed by atoms with van der Waals surface area (Å²) in [6.45, 7) is 18.8. The lowest BCUT2D eigenvalue weighted by molar-refractivity contribution is -0.906. The second-order valence-electron chi connectivity index (χ2n) is 7.48. The van der Waals surface area contributed by atoms with E-state index in [0.29, 0.717) is 0 Å². The van der Waals surface area contributed by atoms with Crippen LogP contribution in [0.15, 0.2) is 50.6 Å². The Kier molecular flexibility index (Phi) is 11.9. The largest absolute Gasteiger partial charge is 0.477 e. The first-order valence-electron chi connectivity index (χ1n) is 9.54. The molecule has 0 saturated heterocycles. The van der Waals surface area contributed by atoms with E-state index in [-0.39, 0.29) is 0 Å². The summed E-state index contributed by atoms with van der Waals surface area (Å²) in [7, 11) is 0. The summed E-state index contributed by atoms with van der Waals surface area (Å²) < 4.78 is 188. The lowest BCUT2D eigenvalue weighted by Crippen LogP contribution is -2.73. The molecular formula is C20H21F15NO2+. The molecule has 0 unspecified atom stereocenters. The maximum atomic E-state index is 12.8. The average Bonchev–Trinajstić information content (AvgIpc) is 2.73. The van der Waals surface area contributed by atoms with Crippen LogP contribution in [0.3, 0.4) is 0 Å². The Labute approximate surface area is 205 Å². The number of alkyl halides is 15. The number of halogens is 15. The van der Waals surface area contributed by atoms with Crippen LogP contribution in [0.25, 0.3) is 0 Å². The van der Waals surface area contributed by atoms with Gasteiger partial charge in [0.15, 0.2) is 0 Å². The fourth-order valence-corrected chi connectivity index (χ4v) is 2.64. The van der Waals surface area contributed by atoms with Gasteiger partial charge in [-0.2, -0.15) is 65.9 Å². The van der Waals surface area contributed by atoms with Crippen molar-refractivity contribution >= 4 is 5.97 Å². The van der Waals surface area contributed by atoms with E-state index in [2.05, 4.69) is 26.3 Å². The van der Waals surface area contributed by atoms with Gasteiger partial charge >= 0.3 is 47.7 Å². The molecule has 38 heavy (non-hydrogen) atoms. The predicted molar refractivity (Wildman–Crippen MR) is 104 cm³/mol. The van der Waals surface area contributed by atoms with Crippen LogP contribution in [0, 0.1) is 0 Å². The van der Waals surface area contributed by atoms with Crippen LogP contribution in [0.1, 0.15) is 0 Å². The van der Waals surface area contributed by atoms with Crippen LogP contribution >= 0.6 is 0 Å². The number of hydrogen-bond acceptors (Lipinski definition) is 1. The van der Waals surface area contributed by atoms with Crippen molar-refractivity contribution in [3.8, 4) is 0 Å². The van der Waals surface area contributed by atoms with Crippen molar-refractivity contribution < 1.29 is 80.2 Å². The monoisotopic (exact) mass is 592 g/mol. The van der Waals surface area contributed by atoms with Gasteiger partial charge in [-0.1, -0.05) is 26.3 Å². The number of carboxylic acid groups (broad SMARTS) is 1. The van der Waals surface area contributed by atoms with Gasteiger partial charge in [-0.15, -0.1) is 0 Å². The molecule has 0 heterocycles. The third kappa shape index (κ3) is 6.48. The lowest BCUT2D eigenvalue weighted by Gasteiger charge is -2.40. The minimum atomic E-state index is -8.47. The molecule has 0 aromatic carbocycles. The number of aliphatic carboxylic acids is 1. The summed E-state index contributed by atoms with van der Waals surface area (Å²) in [5.41, 5.74) is 0. The minimum Gasteiger partial charge on any atom is -0.477 e. The summed E-state index contributed by atoms with van der Waals surface area (Å²) in [4.78, 5) is 9.72. The molecule has 0 aromatic heterocycles. The molecule has 0 radical (unpaired) electrons. The molecule has 0 aliphatic carbocycles. The van der Waals surface area contributed by atoms with Crippen molar-refractivity contribution in [3.63, 3.8) is 0 Å². The quantitative estimate of drug-likeness (QED) is 0.134. The molecule has 0 spiro atoms. The number of carbonyl (C=O) groups is 1. The highest BCUT2D eigenvalue weighted by atomic mass is 19.4. The van der Waals surface area contributed by atoms with Crippen LogP contribution in [-0.4, -0.2) is 83.4 Å². The molecule has 0 rings (SSSR count). The van der Waals surface area contributed by atoms with Crippen molar-refractivity contribution in [2.75, 3.05) is 26.2 Å². The van der Waals surface area contributed by atoms with Crippen molar-refractivity contribution in [3.05, 3.63) is 50.6 Å². The third-order valence-electron chi connectivity index (χ3n) is 4.66. The summed E-state index contributed by atoms with van der Waals surface area (Å²) in [6, 6.07) is 0. The zero-order chi connectivity index (χ0) is 31.2. The summed E-state index contributed by atoms with van der Waals surface area (Å²) in [5.74, 6) is -52.8. The van der Waals surface area contributed by atoms with Gasteiger partial charge in [0.1, 0.15) is 0 Å². The third-order valence-corrected chi connectivity index (χ3v) is 4.66. The Balaban J connectivity index is 0. The Bertz CT molecular complexity index is 817. The van der Waals surface area contributed by atoms with E-state index in [0.717, 1.165) is 30.7 Å². The van der Waals surface area contributed by atoms with E-state index in [9.17, 15) is 70.7 Å². The topological polar surface area (TPSA) is 37.3 Å². The van der Waals surface area contributed by atoms with Gasteiger partial charge in [-0.05, 0) is 24.3 Å². The first-order chi connectivity index (χ1) is 16.7. The van der Waals surface area contributed by atoms with Crippen LogP contribution in [-0.2, 0) is 4.79 Å². The number of hydrogen-bond donors (Lipinski definition) is 1. The number of quaternary nitrogens is 1. The SMILES string of the molecule is C=CC[N+](CC=C)(CC=C)CC=C.O=C(O)C(F)(F)C(F)(F)C(F)(F)C(F)(F)C(F)(F)C(F)(F)C(F)(F)F. The molecule has 0 bridgehead atoms. The first-order valence-corrected chi connectivity index (χ1v) is 9.54. The molecule has 0 fully saturated rings. The Morgan fingerprint density at radius 1 is 0.526 bits per heavy atom. The fraction of sp³-hybridized carbons (Fsp3) is 0.550. The molecule has 3 nitrogen and oxygen atoms in total.